The van der Waals surface area contributed by atoms with E-state index in [2.05, 4.69) is 51.7 Å². The number of allylic oxidation sites excluding steroid dienone is 2. The lowest BCUT2D eigenvalue weighted by atomic mass is 9.97. The fraction of sp³-hybridized carbons (Fsp3) is 0.379. The van der Waals surface area contributed by atoms with Crippen LogP contribution in [-0.2, 0) is 11.3 Å². The fourth-order valence-corrected chi connectivity index (χ4v) is 4.80. The van der Waals surface area contributed by atoms with Crippen molar-refractivity contribution in [2.45, 2.75) is 52.5 Å². The maximum Gasteiger partial charge on any atom is 0.230 e. The molecule has 184 valence electrons. The number of likely N-dealkylation sites (tertiary alicyclic amines) is 1. The van der Waals surface area contributed by atoms with Gasteiger partial charge in [0.05, 0.1) is 6.42 Å². The second-order valence-corrected chi connectivity index (χ2v) is 9.87. The smallest absolute Gasteiger partial charge is 0.230 e. The van der Waals surface area contributed by atoms with E-state index in [1.807, 2.05) is 37.4 Å². The summed E-state index contributed by atoms with van der Waals surface area (Å²) in [5, 5.41) is 6.35. The van der Waals surface area contributed by atoms with E-state index in [0.717, 1.165) is 55.5 Å². The topological polar surface area (TPSA) is 82.8 Å². The van der Waals surface area contributed by atoms with Crippen LogP contribution in [0.2, 0.25) is 0 Å². The van der Waals surface area contributed by atoms with Gasteiger partial charge < -0.3 is 16.4 Å². The number of hydrogen-bond donors (Lipinski definition) is 3. The molecule has 2 aromatic carbocycles. The molecule has 2 aliphatic heterocycles. The number of hydrogen-bond acceptors (Lipinski definition) is 5. The van der Waals surface area contributed by atoms with Gasteiger partial charge in [0, 0.05) is 48.3 Å². The van der Waals surface area contributed by atoms with E-state index in [-0.39, 0.29) is 5.91 Å². The van der Waals surface area contributed by atoms with E-state index in [4.69, 9.17) is 5.73 Å². The van der Waals surface area contributed by atoms with Crippen LogP contribution >= 0.6 is 0 Å². The lowest BCUT2D eigenvalue weighted by Gasteiger charge is -2.31. The highest BCUT2D eigenvalue weighted by molar-refractivity contribution is 6.07. The first-order valence-electron chi connectivity index (χ1n) is 12.6. The van der Waals surface area contributed by atoms with Crippen LogP contribution in [0.1, 0.15) is 57.1 Å². The van der Waals surface area contributed by atoms with Crippen LogP contribution in [0, 0.1) is 5.92 Å². The third-order valence-corrected chi connectivity index (χ3v) is 6.49. The SMILES string of the molecule is C/C(N)=C/Nc1cc(CN2CCCC(C)C2)cc(NC(=O)CC2=NC=C(c3ccccc3)CC2)c1. The molecular formula is C29H37N5O. The first-order valence-corrected chi connectivity index (χ1v) is 12.6. The molecule has 2 heterocycles. The van der Waals surface area contributed by atoms with Gasteiger partial charge in [-0.3, -0.25) is 14.7 Å². The molecule has 0 bridgehead atoms. The van der Waals surface area contributed by atoms with E-state index in [9.17, 15) is 4.79 Å². The molecule has 2 aliphatic rings. The molecule has 1 unspecified atom stereocenters. The predicted molar refractivity (Wildman–Crippen MR) is 146 cm³/mol. The zero-order valence-electron chi connectivity index (χ0n) is 20.9. The number of nitrogens with two attached hydrogens (primary N) is 1. The molecule has 4 rings (SSSR count). The highest BCUT2D eigenvalue weighted by Gasteiger charge is 2.18. The molecule has 1 fully saturated rings. The van der Waals surface area contributed by atoms with Crippen LogP contribution in [0.3, 0.4) is 0 Å². The minimum Gasteiger partial charge on any atom is -0.401 e. The van der Waals surface area contributed by atoms with E-state index in [0.29, 0.717) is 12.1 Å². The molecule has 6 nitrogen and oxygen atoms in total. The molecule has 1 saturated heterocycles. The van der Waals surface area contributed by atoms with Crippen LogP contribution < -0.4 is 16.4 Å². The summed E-state index contributed by atoms with van der Waals surface area (Å²) in [6, 6.07) is 16.5. The van der Waals surface area contributed by atoms with Gasteiger partial charge in [-0.25, -0.2) is 0 Å². The summed E-state index contributed by atoms with van der Waals surface area (Å²) in [6.07, 6.45) is 8.23. The van der Waals surface area contributed by atoms with Gasteiger partial charge in [0.2, 0.25) is 5.91 Å². The number of nitrogens with zero attached hydrogens (tertiary/aromatic N) is 2. The van der Waals surface area contributed by atoms with Crippen molar-refractivity contribution < 1.29 is 4.79 Å². The Labute approximate surface area is 209 Å². The fourth-order valence-electron chi connectivity index (χ4n) is 4.80. The summed E-state index contributed by atoms with van der Waals surface area (Å²) in [5.74, 6) is 0.681. The van der Waals surface area contributed by atoms with Crippen molar-refractivity contribution >= 4 is 28.6 Å². The van der Waals surface area contributed by atoms with Gasteiger partial charge in [-0.05, 0) is 80.0 Å². The van der Waals surface area contributed by atoms with Gasteiger partial charge in [-0.15, -0.1) is 0 Å². The van der Waals surface area contributed by atoms with Crippen LogP contribution in [0.15, 0.2) is 71.6 Å². The largest absolute Gasteiger partial charge is 0.401 e. The van der Waals surface area contributed by atoms with E-state index >= 15 is 0 Å². The number of benzene rings is 2. The Bertz CT molecular complexity index is 1120. The van der Waals surface area contributed by atoms with Crippen LogP contribution in [0.4, 0.5) is 11.4 Å². The van der Waals surface area contributed by atoms with Crippen molar-refractivity contribution in [1.29, 1.82) is 0 Å². The number of aliphatic imine (C=N–C) groups is 1. The average Bonchev–Trinajstić information content (AvgIpc) is 2.83. The second-order valence-electron chi connectivity index (χ2n) is 9.87. The molecular weight excluding hydrogens is 434 g/mol. The quantitative estimate of drug-likeness (QED) is 0.457. The molecule has 0 spiro atoms. The number of piperidine rings is 1. The maximum atomic E-state index is 12.9. The summed E-state index contributed by atoms with van der Waals surface area (Å²) in [4.78, 5) is 20.0. The lowest BCUT2D eigenvalue weighted by Crippen LogP contribution is -2.33. The van der Waals surface area contributed by atoms with Crippen LogP contribution in [-0.4, -0.2) is 29.6 Å². The minimum absolute atomic E-state index is 0.0412. The molecule has 0 radical (unpaired) electrons. The van der Waals surface area contributed by atoms with Crippen molar-refractivity contribution in [3.8, 4) is 0 Å². The molecule has 35 heavy (non-hydrogen) atoms. The van der Waals surface area contributed by atoms with Crippen molar-refractivity contribution in [3.05, 3.63) is 77.8 Å². The van der Waals surface area contributed by atoms with Gasteiger partial charge in [0.1, 0.15) is 0 Å². The standard InChI is InChI=1S/C29H37N5O/c1-21-7-6-12-34(19-21)20-23-13-27(31-17-22(2)30)15-28(14-23)33-29(35)16-26-11-10-25(18-32-26)24-8-4-3-5-9-24/h3-5,8-9,13-15,17-18,21,31H,6-7,10-12,16,19-20,30H2,1-2H3,(H,33,35)/b22-17-. The Balaban J connectivity index is 1.43. The lowest BCUT2D eigenvalue weighted by molar-refractivity contribution is -0.115. The van der Waals surface area contributed by atoms with Gasteiger partial charge in [-0.2, -0.15) is 0 Å². The molecule has 6 heteroatoms. The Morgan fingerprint density at radius 3 is 2.69 bits per heavy atom. The van der Waals surface area contributed by atoms with Crippen molar-refractivity contribution in [2.24, 2.45) is 16.6 Å². The summed E-state index contributed by atoms with van der Waals surface area (Å²) in [7, 11) is 0. The first kappa shape index (κ1) is 24.7. The van der Waals surface area contributed by atoms with Gasteiger partial charge in [0.15, 0.2) is 0 Å². The monoisotopic (exact) mass is 471 g/mol. The summed E-state index contributed by atoms with van der Waals surface area (Å²) < 4.78 is 0. The molecule has 4 N–H and O–H groups in total. The van der Waals surface area contributed by atoms with E-state index in [1.165, 1.54) is 29.5 Å². The molecule has 0 saturated carbocycles. The Morgan fingerprint density at radius 2 is 1.97 bits per heavy atom. The van der Waals surface area contributed by atoms with E-state index < -0.39 is 0 Å². The first-order chi connectivity index (χ1) is 16.9. The number of rotatable bonds is 8. The number of amides is 1. The molecule has 0 aromatic heterocycles. The summed E-state index contributed by atoms with van der Waals surface area (Å²) in [5.41, 5.74) is 12.7. The van der Waals surface area contributed by atoms with Crippen molar-refractivity contribution in [3.63, 3.8) is 0 Å². The number of carbonyl (C=O) groups is 1. The number of carbonyl (C=O) groups excluding carboxylic acids is 1. The zero-order chi connectivity index (χ0) is 24.6. The van der Waals surface area contributed by atoms with Crippen LogP contribution in [0.25, 0.3) is 5.57 Å². The summed E-state index contributed by atoms with van der Waals surface area (Å²) >= 11 is 0. The molecule has 0 aliphatic carbocycles. The number of anilines is 2. The van der Waals surface area contributed by atoms with Crippen molar-refractivity contribution in [1.82, 2.24) is 4.90 Å². The van der Waals surface area contributed by atoms with E-state index in [1.54, 1.807) is 6.20 Å². The zero-order valence-corrected chi connectivity index (χ0v) is 20.9. The van der Waals surface area contributed by atoms with Gasteiger partial charge >= 0.3 is 0 Å². The number of nitrogens with one attached hydrogen (secondary N) is 2. The third kappa shape index (κ3) is 7.55. The van der Waals surface area contributed by atoms with Gasteiger partial charge in [-0.1, -0.05) is 37.3 Å². The second kappa shape index (κ2) is 11.8. The van der Waals surface area contributed by atoms with Gasteiger partial charge in [0.25, 0.3) is 0 Å². The Kier molecular flexibility index (Phi) is 8.37. The Hall–Kier alpha value is -3.38. The maximum absolute atomic E-state index is 12.9. The normalized spacial score (nSPS) is 19.0. The molecule has 2 aromatic rings. The average molecular weight is 472 g/mol. The Morgan fingerprint density at radius 1 is 1.17 bits per heavy atom. The highest BCUT2D eigenvalue weighted by Crippen LogP contribution is 2.26. The summed E-state index contributed by atoms with van der Waals surface area (Å²) in [6.45, 7) is 7.25. The third-order valence-electron chi connectivity index (χ3n) is 6.49. The predicted octanol–water partition coefficient (Wildman–Crippen LogP) is 5.75. The highest BCUT2D eigenvalue weighted by atomic mass is 16.1. The van der Waals surface area contributed by atoms with Crippen molar-refractivity contribution in [2.75, 3.05) is 23.7 Å². The van der Waals surface area contributed by atoms with Crippen LogP contribution in [0.5, 0.6) is 0 Å². The molecule has 1 atom stereocenters. The minimum atomic E-state index is -0.0412. The molecule has 1 amide bonds.